The Morgan fingerprint density at radius 2 is 0.458 bits per heavy atom. The summed E-state index contributed by atoms with van der Waals surface area (Å²) >= 11 is 0. The van der Waals surface area contributed by atoms with Crippen LogP contribution in [0.5, 0.6) is 0 Å². The number of hydrogen-bond donors (Lipinski definition) is 0. The summed E-state index contributed by atoms with van der Waals surface area (Å²) in [6.07, 6.45) is 102. The van der Waals surface area contributed by atoms with Crippen molar-refractivity contribution in [2.45, 2.75) is 284 Å². The Morgan fingerprint density at radius 1 is 0.241 bits per heavy atom. The third-order valence-corrected chi connectivity index (χ3v) is 13.7. The molecule has 6 heteroatoms. The predicted octanol–water partition coefficient (Wildman–Crippen LogP) is 23.4. The minimum atomic E-state index is -0.825. The van der Waals surface area contributed by atoms with E-state index in [0.29, 0.717) is 12.8 Å². The van der Waals surface area contributed by atoms with Crippen molar-refractivity contribution in [3.05, 3.63) is 170 Å². The first-order valence-electron chi connectivity index (χ1n) is 33.6. The van der Waals surface area contributed by atoms with Crippen molar-refractivity contribution in [3.8, 4) is 0 Å². The topological polar surface area (TPSA) is 78.9 Å². The van der Waals surface area contributed by atoms with Gasteiger partial charge in [0.15, 0.2) is 6.10 Å². The Morgan fingerprint density at radius 3 is 0.747 bits per heavy atom. The zero-order valence-corrected chi connectivity index (χ0v) is 53.4. The summed E-state index contributed by atoms with van der Waals surface area (Å²) in [5.74, 6) is -1.02. The van der Waals surface area contributed by atoms with E-state index in [-0.39, 0.29) is 44.0 Å². The van der Waals surface area contributed by atoms with Crippen LogP contribution in [0.2, 0.25) is 0 Å². The first-order valence-corrected chi connectivity index (χ1v) is 33.6. The van der Waals surface area contributed by atoms with Gasteiger partial charge in [-0.2, -0.15) is 0 Å². The fourth-order valence-corrected chi connectivity index (χ4v) is 8.80. The number of carbonyl (C=O) groups excluding carboxylic acids is 3. The van der Waals surface area contributed by atoms with E-state index in [1.54, 1.807) is 0 Å². The van der Waals surface area contributed by atoms with E-state index < -0.39 is 6.10 Å². The van der Waals surface area contributed by atoms with Gasteiger partial charge in [0.05, 0.1) is 0 Å². The van der Waals surface area contributed by atoms with Gasteiger partial charge in [0.1, 0.15) is 13.2 Å². The van der Waals surface area contributed by atoms with Crippen molar-refractivity contribution in [1.82, 2.24) is 0 Å². The summed E-state index contributed by atoms with van der Waals surface area (Å²) in [5, 5.41) is 0. The highest BCUT2D eigenvalue weighted by Crippen LogP contribution is 2.16. The number of hydrogen-bond acceptors (Lipinski definition) is 6. The van der Waals surface area contributed by atoms with Gasteiger partial charge in [0.2, 0.25) is 0 Å². The molecule has 0 aliphatic heterocycles. The molecule has 0 bridgehead atoms. The lowest BCUT2D eigenvalue weighted by Crippen LogP contribution is -2.30. The second-order valence-electron chi connectivity index (χ2n) is 21.6. The SMILES string of the molecule is CC/C=C\C/C=C\C/C=C\C/C=C\C/C=C\C/C=C\CCCCCCCCC(=O)OC(COC(=O)CC/C=C\C/C=C\C/C=C\C/C=C\CC)COC(=O)CCCCCCCCCCCCCCCC/C=C\C/C=C\C/C=C\C/C=C\CC. The van der Waals surface area contributed by atoms with Crippen LogP contribution in [0.15, 0.2) is 170 Å². The van der Waals surface area contributed by atoms with Crippen LogP contribution in [0.1, 0.15) is 278 Å². The average Bonchev–Trinajstić information content (AvgIpc) is 3.49. The molecule has 0 spiro atoms. The lowest BCUT2D eigenvalue weighted by atomic mass is 10.0. The summed E-state index contributed by atoms with van der Waals surface area (Å²) in [7, 11) is 0. The minimum absolute atomic E-state index is 0.113. The van der Waals surface area contributed by atoms with Gasteiger partial charge in [-0.05, 0) is 135 Å². The summed E-state index contributed by atoms with van der Waals surface area (Å²) in [6.45, 7) is 6.22. The van der Waals surface area contributed by atoms with Crippen LogP contribution in [0.25, 0.3) is 0 Å². The largest absolute Gasteiger partial charge is 0.462 e. The zero-order valence-electron chi connectivity index (χ0n) is 53.4. The van der Waals surface area contributed by atoms with Gasteiger partial charge in [0.25, 0.3) is 0 Å². The number of esters is 3. The van der Waals surface area contributed by atoms with Crippen molar-refractivity contribution in [1.29, 1.82) is 0 Å². The van der Waals surface area contributed by atoms with E-state index in [9.17, 15) is 14.4 Å². The molecule has 0 N–H and O–H groups in total. The van der Waals surface area contributed by atoms with Gasteiger partial charge in [-0.15, -0.1) is 0 Å². The van der Waals surface area contributed by atoms with Crippen LogP contribution < -0.4 is 0 Å². The van der Waals surface area contributed by atoms with E-state index in [1.165, 1.54) is 89.9 Å². The van der Waals surface area contributed by atoms with Gasteiger partial charge in [-0.1, -0.05) is 294 Å². The van der Waals surface area contributed by atoms with Crippen molar-refractivity contribution >= 4 is 17.9 Å². The van der Waals surface area contributed by atoms with Gasteiger partial charge in [-0.3, -0.25) is 14.4 Å². The number of allylic oxidation sites excluding steroid dienone is 28. The normalized spacial score (nSPS) is 13.2. The van der Waals surface area contributed by atoms with Gasteiger partial charge >= 0.3 is 17.9 Å². The molecule has 83 heavy (non-hydrogen) atoms. The van der Waals surface area contributed by atoms with Crippen LogP contribution >= 0.6 is 0 Å². The van der Waals surface area contributed by atoms with Gasteiger partial charge < -0.3 is 14.2 Å². The number of ether oxygens (including phenoxy) is 3. The molecule has 0 aliphatic carbocycles. The Balaban J connectivity index is 4.39. The van der Waals surface area contributed by atoms with E-state index in [2.05, 4.69) is 185 Å². The monoisotopic (exact) mass is 1140 g/mol. The molecule has 0 radical (unpaired) electrons. The molecular formula is C77H122O6. The molecule has 0 heterocycles. The maximum Gasteiger partial charge on any atom is 0.306 e. The number of carbonyl (C=O) groups is 3. The van der Waals surface area contributed by atoms with Crippen LogP contribution in [0, 0.1) is 0 Å². The molecule has 0 aliphatic rings. The smallest absolute Gasteiger partial charge is 0.306 e. The number of unbranched alkanes of at least 4 members (excludes halogenated alkanes) is 20. The highest BCUT2D eigenvalue weighted by Gasteiger charge is 2.19. The third-order valence-electron chi connectivity index (χ3n) is 13.7. The van der Waals surface area contributed by atoms with Crippen molar-refractivity contribution < 1.29 is 28.6 Å². The number of rotatable bonds is 59. The highest BCUT2D eigenvalue weighted by molar-refractivity contribution is 5.71. The molecule has 0 fully saturated rings. The second-order valence-corrected chi connectivity index (χ2v) is 21.6. The van der Waals surface area contributed by atoms with E-state index >= 15 is 0 Å². The Kier molecular flexibility index (Phi) is 64.9. The second kappa shape index (κ2) is 69.3. The standard InChI is InChI=1S/C77H122O6/c1-4-7-10-13-16-19-22-25-27-29-31-33-35-37-38-40-41-43-45-47-49-52-55-58-61-64-67-70-76(79)82-73-74(72-81-75(78)69-66-63-60-57-54-51-24-21-18-15-12-9-6-3)83-77(80)71-68-65-62-59-56-53-50-48-46-44-42-39-36-34-32-30-28-26-23-20-17-14-11-8-5-2/h7-12,16-21,25-28,31-34,39,42,46,48,51,54,60,63,74H,4-6,13-15,22-24,29-30,35-38,40-41,43-45,47,49-50,52-53,55-59,61-62,64-73H2,1-3H3/b10-7-,11-8-,12-9-,19-16-,20-17-,21-18-,27-25-,28-26-,33-31-,34-32-,42-39-,48-46-,54-51-,63-60-. The van der Waals surface area contributed by atoms with Crippen molar-refractivity contribution in [2.75, 3.05) is 13.2 Å². The first kappa shape index (κ1) is 77.8. The van der Waals surface area contributed by atoms with Gasteiger partial charge in [-0.25, -0.2) is 0 Å². The zero-order chi connectivity index (χ0) is 59.9. The Bertz CT molecular complexity index is 1890. The van der Waals surface area contributed by atoms with E-state index in [0.717, 1.165) is 141 Å². The molecule has 0 aromatic rings. The first-order chi connectivity index (χ1) is 41.0. The van der Waals surface area contributed by atoms with E-state index in [1.807, 2.05) is 6.08 Å². The molecule has 6 nitrogen and oxygen atoms in total. The lowest BCUT2D eigenvalue weighted by Gasteiger charge is -2.18. The maximum absolute atomic E-state index is 12.9. The molecular weight excluding hydrogens is 1020 g/mol. The molecule has 0 saturated carbocycles. The lowest BCUT2D eigenvalue weighted by molar-refractivity contribution is -0.166. The molecule has 1 unspecified atom stereocenters. The fraction of sp³-hybridized carbons (Fsp3) is 0.597. The van der Waals surface area contributed by atoms with Crippen LogP contribution in [0.4, 0.5) is 0 Å². The van der Waals surface area contributed by atoms with Crippen molar-refractivity contribution in [3.63, 3.8) is 0 Å². The summed E-state index contributed by atoms with van der Waals surface area (Å²) in [4.78, 5) is 38.3. The maximum atomic E-state index is 12.9. The van der Waals surface area contributed by atoms with Crippen LogP contribution in [-0.4, -0.2) is 37.2 Å². The average molecular weight is 1140 g/mol. The van der Waals surface area contributed by atoms with Crippen LogP contribution in [-0.2, 0) is 28.6 Å². The summed E-state index contributed by atoms with van der Waals surface area (Å²) in [5.41, 5.74) is 0. The third kappa shape index (κ3) is 67.4. The predicted molar refractivity (Wildman–Crippen MR) is 361 cm³/mol. The van der Waals surface area contributed by atoms with Crippen molar-refractivity contribution in [2.24, 2.45) is 0 Å². The summed E-state index contributed by atoms with van der Waals surface area (Å²) < 4.78 is 16.9. The fourth-order valence-electron chi connectivity index (χ4n) is 8.80. The summed E-state index contributed by atoms with van der Waals surface area (Å²) in [6, 6.07) is 0. The van der Waals surface area contributed by atoms with Crippen LogP contribution in [0.3, 0.4) is 0 Å². The van der Waals surface area contributed by atoms with E-state index in [4.69, 9.17) is 14.2 Å². The molecule has 1 atom stereocenters. The Labute approximate surface area is 511 Å². The molecule has 0 rings (SSSR count). The minimum Gasteiger partial charge on any atom is -0.462 e. The molecule has 0 aromatic heterocycles. The molecule has 0 amide bonds. The molecule has 466 valence electrons. The molecule has 0 aromatic carbocycles. The highest BCUT2D eigenvalue weighted by atomic mass is 16.6. The Hall–Kier alpha value is -5.23. The molecule has 0 saturated heterocycles. The quantitative estimate of drug-likeness (QED) is 0.0261. The van der Waals surface area contributed by atoms with Gasteiger partial charge in [0, 0.05) is 19.3 Å².